The van der Waals surface area contributed by atoms with Crippen LogP contribution in [0.5, 0.6) is 0 Å². The fraction of sp³-hybridized carbons (Fsp3) is 0.417. The molecule has 1 rings (SSSR count). The lowest BCUT2D eigenvalue weighted by molar-refractivity contribution is -0.385. The van der Waals surface area contributed by atoms with Crippen molar-refractivity contribution >= 4 is 11.6 Å². The van der Waals surface area contributed by atoms with Crippen LogP contribution in [0.15, 0.2) is 24.3 Å². The molecule has 0 N–H and O–H groups in total. The van der Waals surface area contributed by atoms with Crippen LogP contribution in [0, 0.1) is 16.0 Å². The molecule has 0 aliphatic carbocycles. The highest BCUT2D eigenvalue weighted by Crippen LogP contribution is 2.19. The molecular formula is C12H16N2O3. The molecule has 5 nitrogen and oxygen atoms in total. The molecule has 17 heavy (non-hydrogen) atoms. The summed E-state index contributed by atoms with van der Waals surface area (Å²) in [5.41, 5.74) is -0.00578. The Morgan fingerprint density at radius 1 is 1.41 bits per heavy atom. The highest BCUT2D eigenvalue weighted by atomic mass is 16.6. The lowest BCUT2D eigenvalue weighted by Crippen LogP contribution is -2.30. The van der Waals surface area contributed by atoms with E-state index in [1.807, 2.05) is 13.8 Å². The molecule has 0 saturated carbocycles. The molecule has 0 saturated heterocycles. The molecule has 1 aromatic carbocycles. The summed E-state index contributed by atoms with van der Waals surface area (Å²) in [6.45, 7) is 4.55. The van der Waals surface area contributed by atoms with Gasteiger partial charge in [0.05, 0.1) is 4.92 Å². The van der Waals surface area contributed by atoms with E-state index in [9.17, 15) is 14.9 Å². The minimum Gasteiger partial charge on any atom is -0.341 e. The third-order valence-electron chi connectivity index (χ3n) is 2.32. The Balaban J connectivity index is 3.00. The Morgan fingerprint density at radius 2 is 2.00 bits per heavy atom. The topological polar surface area (TPSA) is 63.5 Å². The normalized spacial score (nSPS) is 10.4. The predicted molar refractivity (Wildman–Crippen MR) is 64.9 cm³/mol. The van der Waals surface area contributed by atoms with E-state index in [4.69, 9.17) is 0 Å². The third kappa shape index (κ3) is 3.27. The zero-order valence-electron chi connectivity index (χ0n) is 10.2. The molecule has 0 fully saturated rings. The summed E-state index contributed by atoms with van der Waals surface area (Å²) in [5.74, 6) is 0.0118. The van der Waals surface area contributed by atoms with Crippen molar-refractivity contribution in [2.24, 2.45) is 5.92 Å². The van der Waals surface area contributed by atoms with Gasteiger partial charge in [-0.3, -0.25) is 14.9 Å². The number of para-hydroxylation sites is 1. The van der Waals surface area contributed by atoms with Gasteiger partial charge in [0.25, 0.3) is 11.6 Å². The quantitative estimate of drug-likeness (QED) is 0.595. The standard InChI is InChI=1S/C12H16N2O3/c1-9(2)8-13(3)12(15)10-6-4-5-7-11(10)14(16)17/h4-7,9H,8H2,1-3H3. The minimum absolute atomic E-state index is 0.139. The van der Waals surface area contributed by atoms with Gasteiger partial charge in [-0.15, -0.1) is 0 Å². The van der Waals surface area contributed by atoms with Crippen LogP contribution in [0.3, 0.4) is 0 Å². The molecule has 1 amide bonds. The number of nitro groups is 1. The molecular weight excluding hydrogens is 220 g/mol. The number of carbonyl (C=O) groups excluding carboxylic acids is 1. The summed E-state index contributed by atoms with van der Waals surface area (Å²) in [6, 6.07) is 6.01. The van der Waals surface area contributed by atoms with Crippen molar-refractivity contribution in [3.8, 4) is 0 Å². The number of nitro benzene ring substituents is 1. The van der Waals surface area contributed by atoms with Gasteiger partial charge in [0.15, 0.2) is 0 Å². The first kappa shape index (κ1) is 13.2. The first-order chi connectivity index (χ1) is 7.93. The van der Waals surface area contributed by atoms with Crippen molar-refractivity contribution in [2.75, 3.05) is 13.6 Å². The van der Waals surface area contributed by atoms with Crippen LogP contribution in [0.4, 0.5) is 5.69 Å². The number of nitrogens with zero attached hydrogens (tertiary/aromatic N) is 2. The molecule has 0 bridgehead atoms. The van der Waals surface area contributed by atoms with Gasteiger partial charge in [-0.2, -0.15) is 0 Å². The van der Waals surface area contributed by atoms with E-state index in [2.05, 4.69) is 0 Å². The number of hydrogen-bond acceptors (Lipinski definition) is 3. The summed E-state index contributed by atoms with van der Waals surface area (Å²) in [4.78, 5) is 23.8. The van der Waals surface area contributed by atoms with E-state index in [0.29, 0.717) is 12.5 Å². The van der Waals surface area contributed by atoms with Crippen LogP contribution in [-0.4, -0.2) is 29.3 Å². The molecule has 92 valence electrons. The first-order valence-corrected chi connectivity index (χ1v) is 5.42. The van der Waals surface area contributed by atoms with Crippen molar-refractivity contribution in [3.05, 3.63) is 39.9 Å². The molecule has 1 aromatic rings. The van der Waals surface area contributed by atoms with Crippen molar-refractivity contribution in [2.45, 2.75) is 13.8 Å². The lowest BCUT2D eigenvalue weighted by Gasteiger charge is -2.19. The summed E-state index contributed by atoms with van der Waals surface area (Å²) < 4.78 is 0. The van der Waals surface area contributed by atoms with Crippen molar-refractivity contribution < 1.29 is 9.72 Å². The van der Waals surface area contributed by atoms with Crippen molar-refractivity contribution in [1.82, 2.24) is 4.90 Å². The second-order valence-corrected chi connectivity index (χ2v) is 4.35. The summed E-state index contributed by atoms with van der Waals surface area (Å²) >= 11 is 0. The van der Waals surface area contributed by atoms with Crippen LogP contribution < -0.4 is 0 Å². The molecule has 0 aliphatic heterocycles. The van der Waals surface area contributed by atoms with Gasteiger partial charge in [0, 0.05) is 19.7 Å². The monoisotopic (exact) mass is 236 g/mol. The fourth-order valence-electron chi connectivity index (χ4n) is 1.65. The van der Waals surface area contributed by atoms with Crippen LogP contribution in [0.25, 0.3) is 0 Å². The molecule has 0 atom stereocenters. The molecule has 0 aliphatic rings. The maximum absolute atomic E-state index is 12.0. The van der Waals surface area contributed by atoms with E-state index < -0.39 is 4.92 Å². The van der Waals surface area contributed by atoms with Gasteiger partial charge in [-0.25, -0.2) is 0 Å². The second-order valence-electron chi connectivity index (χ2n) is 4.35. The molecule has 0 unspecified atom stereocenters. The molecule has 0 radical (unpaired) electrons. The van der Waals surface area contributed by atoms with Crippen LogP contribution >= 0.6 is 0 Å². The average molecular weight is 236 g/mol. The van der Waals surface area contributed by atoms with E-state index in [1.54, 1.807) is 19.2 Å². The number of amides is 1. The highest BCUT2D eigenvalue weighted by molar-refractivity contribution is 5.97. The SMILES string of the molecule is CC(C)CN(C)C(=O)c1ccccc1[N+](=O)[O-]. The largest absolute Gasteiger partial charge is 0.341 e. The maximum atomic E-state index is 12.0. The number of rotatable bonds is 4. The molecule has 0 aromatic heterocycles. The average Bonchev–Trinajstić information content (AvgIpc) is 2.27. The maximum Gasteiger partial charge on any atom is 0.282 e. The van der Waals surface area contributed by atoms with E-state index >= 15 is 0 Å². The first-order valence-electron chi connectivity index (χ1n) is 5.42. The van der Waals surface area contributed by atoms with E-state index in [0.717, 1.165) is 0 Å². The molecule has 0 heterocycles. The summed E-state index contributed by atoms with van der Waals surface area (Å²) in [5, 5.41) is 10.8. The van der Waals surface area contributed by atoms with E-state index in [-0.39, 0.29) is 17.2 Å². The third-order valence-corrected chi connectivity index (χ3v) is 2.32. The van der Waals surface area contributed by atoms with Crippen LogP contribution in [0.1, 0.15) is 24.2 Å². The molecule has 0 spiro atoms. The van der Waals surface area contributed by atoms with Gasteiger partial charge in [-0.05, 0) is 12.0 Å². The zero-order chi connectivity index (χ0) is 13.0. The lowest BCUT2D eigenvalue weighted by atomic mass is 10.1. The van der Waals surface area contributed by atoms with Crippen LogP contribution in [0.2, 0.25) is 0 Å². The number of benzene rings is 1. The van der Waals surface area contributed by atoms with Crippen LogP contribution in [-0.2, 0) is 0 Å². The van der Waals surface area contributed by atoms with Gasteiger partial charge in [0.2, 0.25) is 0 Å². The summed E-state index contributed by atoms with van der Waals surface area (Å²) in [7, 11) is 1.65. The van der Waals surface area contributed by atoms with Crippen molar-refractivity contribution in [3.63, 3.8) is 0 Å². The van der Waals surface area contributed by atoms with E-state index in [1.165, 1.54) is 17.0 Å². The Bertz CT molecular complexity index is 430. The van der Waals surface area contributed by atoms with Gasteiger partial charge < -0.3 is 4.90 Å². The number of hydrogen-bond donors (Lipinski definition) is 0. The predicted octanol–water partition coefficient (Wildman–Crippen LogP) is 2.32. The van der Waals surface area contributed by atoms with Gasteiger partial charge in [0.1, 0.15) is 5.56 Å². The minimum atomic E-state index is -0.531. The Hall–Kier alpha value is -1.91. The second kappa shape index (κ2) is 5.43. The Labute approximate surface area is 100 Å². The number of carbonyl (C=O) groups is 1. The smallest absolute Gasteiger partial charge is 0.282 e. The van der Waals surface area contributed by atoms with Gasteiger partial charge in [-0.1, -0.05) is 26.0 Å². The zero-order valence-corrected chi connectivity index (χ0v) is 10.2. The van der Waals surface area contributed by atoms with Crippen molar-refractivity contribution in [1.29, 1.82) is 0 Å². The summed E-state index contributed by atoms with van der Waals surface area (Å²) in [6.07, 6.45) is 0. The highest BCUT2D eigenvalue weighted by Gasteiger charge is 2.22. The Morgan fingerprint density at radius 3 is 2.53 bits per heavy atom. The van der Waals surface area contributed by atoms with Gasteiger partial charge >= 0.3 is 0 Å². The Kier molecular flexibility index (Phi) is 4.20. The molecule has 5 heteroatoms. The fourth-order valence-corrected chi connectivity index (χ4v) is 1.65.